The van der Waals surface area contributed by atoms with Crippen molar-refractivity contribution in [2.75, 3.05) is 25.9 Å². The third kappa shape index (κ3) is 5.51. The molecule has 0 N–H and O–H groups in total. The molecule has 2 aliphatic heterocycles. The number of likely N-dealkylation sites (tertiary alicyclic amines) is 1. The highest BCUT2D eigenvalue weighted by atomic mass is 32.2. The quantitative estimate of drug-likeness (QED) is 0.676. The minimum absolute atomic E-state index is 0.00126. The summed E-state index contributed by atoms with van der Waals surface area (Å²) < 4.78 is 43.1. The number of benzene rings is 1. The van der Waals surface area contributed by atoms with Gasteiger partial charge < -0.3 is 19.4 Å². The van der Waals surface area contributed by atoms with Gasteiger partial charge >= 0.3 is 12.1 Å². The summed E-state index contributed by atoms with van der Waals surface area (Å²) in [6, 6.07) is 3.57. The lowest BCUT2D eigenvalue weighted by Gasteiger charge is -2.38. The highest BCUT2D eigenvalue weighted by molar-refractivity contribution is 7.90. The van der Waals surface area contributed by atoms with Crippen molar-refractivity contribution < 1.29 is 27.1 Å². The van der Waals surface area contributed by atoms with Crippen molar-refractivity contribution >= 4 is 22.0 Å². The largest absolute Gasteiger partial charge is 0.444 e. The van der Waals surface area contributed by atoms with E-state index in [1.807, 2.05) is 32.6 Å². The molecule has 3 amide bonds. The number of amides is 3. The fourth-order valence-electron chi connectivity index (χ4n) is 4.23. The molecule has 0 saturated carbocycles. The van der Waals surface area contributed by atoms with Gasteiger partial charge in [0.2, 0.25) is 0 Å². The van der Waals surface area contributed by atoms with Gasteiger partial charge in [0.05, 0.1) is 11.4 Å². The maximum absolute atomic E-state index is 14.5. The molecule has 1 unspecified atom stereocenters. The number of hydrogen-bond donors (Lipinski definition) is 0. The van der Waals surface area contributed by atoms with Crippen LogP contribution in [0, 0.1) is 5.82 Å². The van der Waals surface area contributed by atoms with E-state index in [4.69, 9.17) is 4.74 Å². The van der Waals surface area contributed by atoms with Crippen LogP contribution in [-0.4, -0.2) is 78.8 Å². The second-order valence-corrected chi connectivity index (χ2v) is 11.7. The number of carbonyl (C=O) groups is 2. The molecule has 1 atom stereocenters. The number of urea groups is 1. The minimum atomic E-state index is -3.50. The number of piperidine rings is 1. The van der Waals surface area contributed by atoms with Gasteiger partial charge in [0.1, 0.15) is 11.4 Å². The van der Waals surface area contributed by atoms with E-state index in [0.29, 0.717) is 32.5 Å². The normalized spacial score (nSPS) is 20.8. The molecule has 10 heteroatoms. The van der Waals surface area contributed by atoms with Crippen molar-refractivity contribution in [1.82, 2.24) is 14.7 Å². The van der Waals surface area contributed by atoms with Gasteiger partial charge in [0.15, 0.2) is 9.84 Å². The summed E-state index contributed by atoms with van der Waals surface area (Å²) >= 11 is 0. The minimum Gasteiger partial charge on any atom is -0.444 e. The SMILES string of the molecule is CC1CN(Cc2ccc(S(C)(=O)=O)cc2F)C(=O)N1C1CCN(C(=O)OC(C)(C)C)CC1. The second-order valence-electron chi connectivity index (χ2n) is 9.64. The Hall–Kier alpha value is -2.36. The van der Waals surface area contributed by atoms with Crippen molar-refractivity contribution in [2.24, 2.45) is 0 Å². The van der Waals surface area contributed by atoms with Crippen LogP contribution in [0.5, 0.6) is 0 Å². The molecule has 2 saturated heterocycles. The predicted molar refractivity (Wildman–Crippen MR) is 117 cm³/mol. The molecule has 1 aromatic carbocycles. The molecular weight excluding hydrogens is 437 g/mol. The molecule has 0 aromatic heterocycles. The summed E-state index contributed by atoms with van der Waals surface area (Å²) in [7, 11) is -3.50. The van der Waals surface area contributed by atoms with Crippen molar-refractivity contribution in [3.8, 4) is 0 Å². The molecule has 2 heterocycles. The fourth-order valence-corrected chi connectivity index (χ4v) is 4.86. The number of sulfone groups is 1. The van der Waals surface area contributed by atoms with Gasteiger partial charge in [0.25, 0.3) is 0 Å². The first kappa shape index (κ1) is 24.3. The van der Waals surface area contributed by atoms with Gasteiger partial charge in [-0.1, -0.05) is 6.07 Å². The van der Waals surface area contributed by atoms with Crippen molar-refractivity contribution in [3.63, 3.8) is 0 Å². The maximum atomic E-state index is 14.5. The average Bonchev–Trinajstić information content (AvgIpc) is 2.94. The zero-order chi connectivity index (χ0) is 23.8. The molecular formula is C22H32FN3O5S. The van der Waals surface area contributed by atoms with Crippen LogP contribution in [0.15, 0.2) is 23.1 Å². The molecule has 1 aromatic rings. The lowest BCUT2D eigenvalue weighted by atomic mass is 10.0. The lowest BCUT2D eigenvalue weighted by molar-refractivity contribution is 0.0160. The van der Waals surface area contributed by atoms with Crippen LogP contribution < -0.4 is 0 Å². The molecule has 178 valence electrons. The summed E-state index contributed by atoms with van der Waals surface area (Å²) in [6.45, 7) is 9.00. The van der Waals surface area contributed by atoms with Gasteiger partial charge in [-0.05, 0) is 52.7 Å². The van der Waals surface area contributed by atoms with Crippen LogP contribution in [-0.2, 0) is 21.1 Å². The monoisotopic (exact) mass is 469 g/mol. The lowest BCUT2D eigenvalue weighted by Crippen LogP contribution is -2.50. The Morgan fingerprint density at radius 3 is 2.38 bits per heavy atom. The highest BCUT2D eigenvalue weighted by Gasteiger charge is 2.41. The van der Waals surface area contributed by atoms with Crippen molar-refractivity contribution in [2.45, 2.75) is 69.7 Å². The van der Waals surface area contributed by atoms with Gasteiger partial charge in [0, 0.05) is 43.5 Å². The summed E-state index contributed by atoms with van der Waals surface area (Å²) in [5, 5.41) is 0. The van der Waals surface area contributed by atoms with Gasteiger partial charge in [-0.25, -0.2) is 22.4 Å². The van der Waals surface area contributed by atoms with E-state index in [-0.39, 0.29) is 41.2 Å². The van der Waals surface area contributed by atoms with Gasteiger partial charge in [-0.15, -0.1) is 0 Å². The third-order valence-corrected chi connectivity index (χ3v) is 6.88. The number of carbonyl (C=O) groups excluding carboxylic acids is 2. The van der Waals surface area contributed by atoms with Crippen LogP contribution in [0.2, 0.25) is 0 Å². The molecule has 2 aliphatic rings. The van der Waals surface area contributed by atoms with E-state index in [1.54, 1.807) is 9.80 Å². The molecule has 8 nitrogen and oxygen atoms in total. The Labute approximate surface area is 189 Å². The molecule has 0 bridgehead atoms. The number of rotatable bonds is 4. The number of hydrogen-bond acceptors (Lipinski definition) is 5. The number of ether oxygens (including phenoxy) is 1. The average molecular weight is 470 g/mol. The molecule has 0 spiro atoms. The number of nitrogens with zero attached hydrogens (tertiary/aromatic N) is 3. The van der Waals surface area contributed by atoms with Crippen LogP contribution >= 0.6 is 0 Å². The van der Waals surface area contributed by atoms with Crippen LogP contribution in [0.3, 0.4) is 0 Å². The molecule has 32 heavy (non-hydrogen) atoms. The second kappa shape index (κ2) is 8.88. The molecule has 0 radical (unpaired) electrons. The van der Waals surface area contributed by atoms with E-state index in [2.05, 4.69) is 0 Å². The summed E-state index contributed by atoms with van der Waals surface area (Å²) in [6.07, 6.45) is 1.99. The van der Waals surface area contributed by atoms with Crippen molar-refractivity contribution in [3.05, 3.63) is 29.6 Å². The fraction of sp³-hybridized carbons (Fsp3) is 0.636. The van der Waals surface area contributed by atoms with E-state index in [1.165, 1.54) is 12.1 Å². The first-order chi connectivity index (χ1) is 14.8. The molecule has 3 rings (SSSR count). The Bertz CT molecular complexity index is 984. The Morgan fingerprint density at radius 2 is 1.84 bits per heavy atom. The zero-order valence-electron chi connectivity index (χ0n) is 19.3. The smallest absolute Gasteiger partial charge is 0.410 e. The van der Waals surface area contributed by atoms with Crippen LogP contribution in [0.4, 0.5) is 14.0 Å². The topological polar surface area (TPSA) is 87.2 Å². The van der Waals surface area contributed by atoms with E-state index < -0.39 is 21.3 Å². The molecule has 0 aliphatic carbocycles. The van der Waals surface area contributed by atoms with E-state index in [9.17, 15) is 22.4 Å². The first-order valence-electron chi connectivity index (χ1n) is 10.8. The van der Waals surface area contributed by atoms with Crippen LogP contribution in [0.25, 0.3) is 0 Å². The highest BCUT2D eigenvalue weighted by Crippen LogP contribution is 2.28. The summed E-state index contributed by atoms with van der Waals surface area (Å²) in [4.78, 5) is 30.4. The third-order valence-electron chi connectivity index (χ3n) is 5.77. The van der Waals surface area contributed by atoms with Gasteiger partial charge in [-0.2, -0.15) is 0 Å². The Balaban J connectivity index is 1.62. The summed E-state index contributed by atoms with van der Waals surface area (Å²) in [5.41, 5.74) is -0.276. The predicted octanol–water partition coefficient (Wildman–Crippen LogP) is 3.25. The van der Waals surface area contributed by atoms with E-state index >= 15 is 0 Å². The maximum Gasteiger partial charge on any atom is 0.410 e. The number of halogens is 1. The zero-order valence-corrected chi connectivity index (χ0v) is 20.1. The molecule has 2 fully saturated rings. The summed E-state index contributed by atoms with van der Waals surface area (Å²) in [5.74, 6) is -0.641. The standard InChI is InChI=1S/C22H32FN3O5S/c1-15-13-25(14-16-6-7-18(12-19(16)23)32(5,29)30)20(27)26(15)17-8-10-24(11-9-17)21(28)31-22(2,3)4/h6-7,12,15,17H,8-11,13-14H2,1-5H3. The Kier molecular flexibility index (Phi) is 6.74. The first-order valence-corrected chi connectivity index (χ1v) is 12.7. The van der Waals surface area contributed by atoms with Crippen LogP contribution in [0.1, 0.15) is 46.1 Å². The van der Waals surface area contributed by atoms with E-state index in [0.717, 1.165) is 12.3 Å². The Morgan fingerprint density at radius 1 is 1.22 bits per heavy atom. The van der Waals surface area contributed by atoms with Crippen molar-refractivity contribution in [1.29, 1.82) is 0 Å². The van der Waals surface area contributed by atoms with Gasteiger partial charge in [-0.3, -0.25) is 0 Å².